The van der Waals surface area contributed by atoms with Crippen molar-refractivity contribution in [2.24, 2.45) is 0 Å². The van der Waals surface area contributed by atoms with E-state index < -0.39 is 23.7 Å². The van der Waals surface area contributed by atoms with Gasteiger partial charge < -0.3 is 20.3 Å². The Kier molecular flexibility index (Phi) is 6.11. The van der Waals surface area contributed by atoms with Crippen molar-refractivity contribution in [2.75, 3.05) is 6.26 Å². The predicted molar refractivity (Wildman–Crippen MR) is 85.1 cm³/mol. The topological polar surface area (TPSA) is 95.9 Å². The van der Waals surface area contributed by atoms with Crippen molar-refractivity contribution in [3.63, 3.8) is 0 Å². The number of ether oxygens (including phenoxy) is 1. The molecule has 1 amide bonds. The number of amides is 1. The Morgan fingerprint density at radius 1 is 1.36 bits per heavy atom. The van der Waals surface area contributed by atoms with Gasteiger partial charge in [-0.2, -0.15) is 11.8 Å². The Hall–Kier alpha value is -1.89. The smallest absolute Gasteiger partial charge is 0.408 e. The summed E-state index contributed by atoms with van der Waals surface area (Å²) in [7, 11) is 0. The molecule has 0 aliphatic rings. The number of alkyl carbamates (subject to hydrolysis) is 1. The summed E-state index contributed by atoms with van der Waals surface area (Å²) in [4.78, 5) is 23.2. The van der Waals surface area contributed by atoms with E-state index in [1.807, 2.05) is 6.26 Å². The SMILES string of the molecule is CSCc1cc(C(NC(=O)OC(C)(C)C)C(=O)O)ccc1O. The maximum absolute atomic E-state index is 11.8. The Labute approximate surface area is 133 Å². The first-order chi connectivity index (χ1) is 10.1. The number of aromatic hydroxyl groups is 1. The third kappa shape index (κ3) is 5.48. The first-order valence-corrected chi connectivity index (χ1v) is 8.06. The Morgan fingerprint density at radius 2 is 2.00 bits per heavy atom. The first-order valence-electron chi connectivity index (χ1n) is 6.67. The van der Waals surface area contributed by atoms with Crippen molar-refractivity contribution in [1.29, 1.82) is 0 Å². The van der Waals surface area contributed by atoms with Crippen molar-refractivity contribution in [1.82, 2.24) is 5.32 Å². The molecule has 22 heavy (non-hydrogen) atoms. The minimum absolute atomic E-state index is 0.0968. The van der Waals surface area contributed by atoms with Crippen LogP contribution in [0.25, 0.3) is 0 Å². The number of carbonyl (C=O) groups is 2. The number of hydrogen-bond donors (Lipinski definition) is 3. The molecule has 0 bridgehead atoms. The van der Waals surface area contributed by atoms with E-state index in [0.29, 0.717) is 16.9 Å². The quantitative estimate of drug-likeness (QED) is 0.769. The van der Waals surface area contributed by atoms with Gasteiger partial charge in [0.15, 0.2) is 6.04 Å². The van der Waals surface area contributed by atoms with Crippen LogP contribution in [0.3, 0.4) is 0 Å². The van der Waals surface area contributed by atoms with Crippen molar-refractivity contribution >= 4 is 23.8 Å². The standard InChI is InChI=1S/C15H21NO5S/c1-15(2,3)21-14(20)16-12(13(18)19)9-5-6-11(17)10(7-9)8-22-4/h5-7,12,17H,8H2,1-4H3,(H,16,20)(H,18,19). The number of aliphatic carboxylic acids is 1. The number of carboxylic acid groups (broad SMARTS) is 1. The van der Waals surface area contributed by atoms with Gasteiger partial charge in [0.25, 0.3) is 0 Å². The lowest BCUT2D eigenvalue weighted by atomic mass is 10.0. The molecule has 0 fully saturated rings. The number of benzene rings is 1. The molecule has 1 aromatic carbocycles. The van der Waals surface area contributed by atoms with Crippen molar-refractivity contribution in [3.8, 4) is 5.75 Å². The van der Waals surface area contributed by atoms with Crippen LogP contribution in [0.15, 0.2) is 18.2 Å². The van der Waals surface area contributed by atoms with Gasteiger partial charge in [0.2, 0.25) is 0 Å². The van der Waals surface area contributed by atoms with Gasteiger partial charge in [-0.05, 0) is 44.7 Å². The maximum Gasteiger partial charge on any atom is 0.408 e. The zero-order chi connectivity index (χ0) is 16.9. The highest BCUT2D eigenvalue weighted by Gasteiger charge is 2.26. The van der Waals surface area contributed by atoms with Gasteiger partial charge in [0.05, 0.1) is 0 Å². The monoisotopic (exact) mass is 327 g/mol. The highest BCUT2D eigenvalue weighted by molar-refractivity contribution is 7.97. The number of phenolic OH excluding ortho intramolecular Hbond substituents is 1. The summed E-state index contributed by atoms with van der Waals surface area (Å²) in [6.45, 7) is 5.08. The first kappa shape index (κ1) is 18.2. The number of rotatable bonds is 5. The molecule has 1 aromatic rings. The van der Waals surface area contributed by atoms with E-state index in [2.05, 4.69) is 5.32 Å². The van der Waals surface area contributed by atoms with Gasteiger partial charge in [-0.25, -0.2) is 9.59 Å². The molecule has 0 radical (unpaired) electrons. The molecule has 0 aliphatic heterocycles. The molecule has 1 rings (SSSR count). The maximum atomic E-state index is 11.8. The summed E-state index contributed by atoms with van der Waals surface area (Å²) < 4.78 is 5.07. The number of thioether (sulfide) groups is 1. The van der Waals surface area contributed by atoms with Crippen LogP contribution in [0.4, 0.5) is 4.79 Å². The van der Waals surface area contributed by atoms with Gasteiger partial charge in [0.1, 0.15) is 11.4 Å². The zero-order valence-corrected chi connectivity index (χ0v) is 13.9. The molecule has 0 heterocycles. The van der Waals surface area contributed by atoms with E-state index >= 15 is 0 Å². The number of carboxylic acids is 1. The van der Waals surface area contributed by atoms with Gasteiger partial charge in [-0.1, -0.05) is 6.07 Å². The van der Waals surface area contributed by atoms with E-state index in [0.717, 1.165) is 0 Å². The summed E-state index contributed by atoms with van der Waals surface area (Å²) in [5.41, 5.74) is 0.272. The second-order valence-electron chi connectivity index (χ2n) is 5.74. The van der Waals surface area contributed by atoms with Gasteiger partial charge in [-0.3, -0.25) is 0 Å². The van der Waals surface area contributed by atoms with Crippen LogP contribution in [0.5, 0.6) is 5.75 Å². The van der Waals surface area contributed by atoms with Crippen molar-refractivity contribution < 1.29 is 24.5 Å². The lowest BCUT2D eigenvalue weighted by Gasteiger charge is -2.22. The highest BCUT2D eigenvalue weighted by atomic mass is 32.2. The molecule has 1 atom stereocenters. The molecular weight excluding hydrogens is 306 g/mol. The van der Waals surface area contributed by atoms with Crippen LogP contribution < -0.4 is 5.32 Å². The Morgan fingerprint density at radius 3 is 2.50 bits per heavy atom. The summed E-state index contributed by atoms with van der Waals surface area (Å²) in [5.74, 6) is -0.565. The van der Waals surface area contributed by atoms with Crippen LogP contribution in [0, 0.1) is 0 Å². The average Bonchev–Trinajstić information content (AvgIpc) is 2.36. The summed E-state index contributed by atoms with van der Waals surface area (Å²) >= 11 is 1.50. The van der Waals surface area contributed by atoms with E-state index in [9.17, 15) is 19.8 Å². The predicted octanol–water partition coefficient (Wildman–Crippen LogP) is 2.91. The summed E-state index contributed by atoms with van der Waals surface area (Å²) in [5, 5.41) is 21.4. The Bertz CT molecular complexity index is 553. The van der Waals surface area contributed by atoms with Crippen LogP contribution in [0.1, 0.15) is 37.9 Å². The molecule has 0 aromatic heterocycles. The molecule has 1 unspecified atom stereocenters. The molecule has 7 heteroatoms. The molecule has 0 aliphatic carbocycles. The lowest BCUT2D eigenvalue weighted by Crippen LogP contribution is -2.38. The molecule has 0 saturated heterocycles. The fourth-order valence-electron chi connectivity index (χ4n) is 1.77. The summed E-state index contributed by atoms with van der Waals surface area (Å²) in [6, 6.07) is 3.22. The van der Waals surface area contributed by atoms with Crippen LogP contribution in [-0.2, 0) is 15.3 Å². The molecular formula is C15H21NO5S. The molecule has 3 N–H and O–H groups in total. The summed E-state index contributed by atoms with van der Waals surface area (Å²) in [6.07, 6.45) is 1.07. The zero-order valence-electron chi connectivity index (χ0n) is 13.0. The van der Waals surface area contributed by atoms with E-state index in [1.54, 1.807) is 26.8 Å². The molecule has 0 spiro atoms. The molecule has 0 saturated carbocycles. The number of carbonyl (C=O) groups excluding carboxylic acids is 1. The number of hydrogen-bond acceptors (Lipinski definition) is 5. The normalized spacial score (nSPS) is 12.5. The molecule has 122 valence electrons. The van der Waals surface area contributed by atoms with E-state index in [4.69, 9.17) is 4.74 Å². The molecule has 6 nitrogen and oxygen atoms in total. The fraction of sp³-hybridized carbons (Fsp3) is 0.467. The Balaban J connectivity index is 2.99. The van der Waals surface area contributed by atoms with Crippen LogP contribution >= 0.6 is 11.8 Å². The average molecular weight is 327 g/mol. The van der Waals surface area contributed by atoms with Crippen molar-refractivity contribution in [2.45, 2.75) is 38.2 Å². The minimum Gasteiger partial charge on any atom is -0.508 e. The minimum atomic E-state index is -1.24. The van der Waals surface area contributed by atoms with Crippen LogP contribution in [-0.4, -0.2) is 34.1 Å². The lowest BCUT2D eigenvalue weighted by molar-refractivity contribution is -0.139. The third-order valence-electron chi connectivity index (χ3n) is 2.64. The largest absolute Gasteiger partial charge is 0.508 e. The van der Waals surface area contributed by atoms with Crippen LogP contribution in [0.2, 0.25) is 0 Å². The van der Waals surface area contributed by atoms with Crippen molar-refractivity contribution in [3.05, 3.63) is 29.3 Å². The second-order valence-corrected chi connectivity index (χ2v) is 6.60. The highest BCUT2D eigenvalue weighted by Crippen LogP contribution is 2.26. The fourth-order valence-corrected chi connectivity index (χ4v) is 2.31. The van der Waals surface area contributed by atoms with Gasteiger partial charge in [-0.15, -0.1) is 0 Å². The second kappa shape index (κ2) is 7.40. The number of nitrogens with one attached hydrogen (secondary N) is 1. The third-order valence-corrected chi connectivity index (χ3v) is 3.24. The van der Waals surface area contributed by atoms with Gasteiger partial charge >= 0.3 is 12.1 Å². The van der Waals surface area contributed by atoms with E-state index in [1.165, 1.54) is 23.9 Å². The van der Waals surface area contributed by atoms with Gasteiger partial charge in [0, 0.05) is 11.3 Å². The number of phenols is 1. The van der Waals surface area contributed by atoms with E-state index in [-0.39, 0.29) is 5.75 Å².